The second-order valence-electron chi connectivity index (χ2n) is 2.78. The Kier molecular flexibility index (Phi) is 4.02. The van der Waals surface area contributed by atoms with Gasteiger partial charge in [0.25, 0.3) is 0 Å². The number of hydrogen-bond donors (Lipinski definition) is 2. The van der Waals surface area contributed by atoms with Crippen LogP contribution in [0.5, 0.6) is 0 Å². The van der Waals surface area contributed by atoms with Crippen molar-refractivity contribution in [3.8, 4) is 0 Å². The molecule has 0 aliphatic carbocycles. The molecular weight excluding hydrogens is 213 g/mol. The van der Waals surface area contributed by atoms with Crippen molar-refractivity contribution in [2.24, 2.45) is 16.6 Å². The molecule has 0 aliphatic rings. The van der Waals surface area contributed by atoms with Crippen LogP contribution in [0.3, 0.4) is 0 Å². The zero-order chi connectivity index (χ0) is 12.0. The minimum absolute atomic E-state index is 0.268. The summed E-state index contributed by atoms with van der Waals surface area (Å²) in [6.45, 7) is 0. The number of halogens is 1. The van der Waals surface area contributed by atoms with Gasteiger partial charge in [0.2, 0.25) is 5.96 Å². The number of nitrogens with two attached hydrogens (primary N) is 2. The summed E-state index contributed by atoms with van der Waals surface area (Å²) in [7, 11) is 0. The minimum atomic E-state index is -0.795. The normalized spacial score (nSPS) is 10.1. The summed E-state index contributed by atoms with van der Waals surface area (Å²) in [4.78, 5) is 15.2. The van der Waals surface area contributed by atoms with Crippen LogP contribution in [0.2, 0.25) is 0 Å². The molecule has 0 saturated carbocycles. The second kappa shape index (κ2) is 5.50. The topological polar surface area (TPSA) is 90.7 Å². The Morgan fingerprint density at radius 3 is 2.69 bits per heavy atom. The first-order valence-corrected chi connectivity index (χ1v) is 4.32. The van der Waals surface area contributed by atoms with Crippen LogP contribution in [0.4, 0.5) is 4.39 Å². The average Bonchev–Trinajstić information content (AvgIpc) is 2.25. The Balaban J connectivity index is 2.64. The van der Waals surface area contributed by atoms with Crippen LogP contribution in [-0.2, 0) is 9.63 Å². The molecule has 0 atom stereocenters. The first-order valence-electron chi connectivity index (χ1n) is 4.32. The van der Waals surface area contributed by atoms with Gasteiger partial charge in [0.1, 0.15) is 5.82 Å². The number of nitrogens with zero attached hydrogens (tertiary/aromatic N) is 1. The highest BCUT2D eigenvalue weighted by molar-refractivity contribution is 5.87. The first-order chi connectivity index (χ1) is 7.59. The number of carbonyl (C=O) groups excluding carboxylic acids is 1. The fraction of sp³-hybridized carbons (Fsp3) is 0. The summed E-state index contributed by atoms with van der Waals surface area (Å²) >= 11 is 0. The molecule has 0 saturated heterocycles. The summed E-state index contributed by atoms with van der Waals surface area (Å²) in [5.41, 5.74) is 10.1. The molecule has 0 unspecified atom stereocenters. The van der Waals surface area contributed by atoms with Crippen LogP contribution in [0, 0.1) is 5.82 Å². The number of carbonyl (C=O) groups is 1. The molecule has 1 aromatic carbocycles. The van der Waals surface area contributed by atoms with Crippen molar-refractivity contribution in [2.75, 3.05) is 0 Å². The molecule has 84 valence electrons. The zero-order valence-corrected chi connectivity index (χ0v) is 8.26. The maximum absolute atomic E-state index is 13.1. The Morgan fingerprint density at radius 2 is 2.06 bits per heavy atom. The molecule has 0 amide bonds. The summed E-state index contributed by atoms with van der Waals surface area (Å²) in [5.74, 6) is -1.60. The molecule has 5 nitrogen and oxygen atoms in total. The predicted molar refractivity (Wildman–Crippen MR) is 57.3 cm³/mol. The van der Waals surface area contributed by atoms with E-state index < -0.39 is 11.8 Å². The predicted octanol–water partition coefficient (Wildman–Crippen LogP) is 0.570. The van der Waals surface area contributed by atoms with Crippen LogP contribution < -0.4 is 11.5 Å². The van der Waals surface area contributed by atoms with E-state index >= 15 is 0 Å². The summed E-state index contributed by atoms with van der Waals surface area (Å²) in [6, 6.07) is 5.98. The van der Waals surface area contributed by atoms with E-state index in [1.54, 1.807) is 12.1 Å². The highest BCUT2D eigenvalue weighted by Gasteiger charge is 1.99. The van der Waals surface area contributed by atoms with Gasteiger partial charge in [-0.25, -0.2) is 9.18 Å². The lowest BCUT2D eigenvalue weighted by atomic mass is 10.2. The van der Waals surface area contributed by atoms with Crippen molar-refractivity contribution >= 4 is 18.0 Å². The van der Waals surface area contributed by atoms with Crippen molar-refractivity contribution in [2.45, 2.75) is 0 Å². The number of hydrogen-bond acceptors (Lipinski definition) is 3. The smallest absolute Gasteiger partial charge is 0.358 e. The highest BCUT2D eigenvalue weighted by Crippen LogP contribution is 2.07. The molecule has 16 heavy (non-hydrogen) atoms. The highest BCUT2D eigenvalue weighted by atomic mass is 19.1. The molecule has 6 heteroatoms. The van der Waals surface area contributed by atoms with Crippen molar-refractivity contribution in [3.63, 3.8) is 0 Å². The molecule has 1 aromatic rings. The van der Waals surface area contributed by atoms with Gasteiger partial charge < -0.3 is 16.3 Å². The third kappa shape index (κ3) is 3.79. The number of guanidine groups is 1. The lowest BCUT2D eigenvalue weighted by Gasteiger charge is -1.94. The van der Waals surface area contributed by atoms with Gasteiger partial charge in [0, 0.05) is 11.6 Å². The average molecular weight is 223 g/mol. The fourth-order valence-corrected chi connectivity index (χ4v) is 0.896. The molecule has 0 aliphatic heterocycles. The maximum atomic E-state index is 13.1. The quantitative estimate of drug-likeness (QED) is 0.258. The number of oxime groups is 1. The molecular formula is C10H10FN3O2. The van der Waals surface area contributed by atoms with E-state index in [1.165, 1.54) is 18.2 Å². The van der Waals surface area contributed by atoms with Crippen LogP contribution in [0.15, 0.2) is 35.5 Å². The van der Waals surface area contributed by atoms with Crippen molar-refractivity contribution in [3.05, 3.63) is 41.7 Å². The zero-order valence-electron chi connectivity index (χ0n) is 8.26. The largest absolute Gasteiger partial charge is 0.367 e. The Labute approximate surface area is 91.2 Å². The monoisotopic (exact) mass is 223 g/mol. The lowest BCUT2D eigenvalue weighted by Crippen LogP contribution is -2.23. The summed E-state index contributed by atoms with van der Waals surface area (Å²) < 4.78 is 13.1. The number of rotatable bonds is 3. The third-order valence-corrected chi connectivity index (χ3v) is 1.55. The molecule has 0 heterocycles. The molecule has 0 bridgehead atoms. The molecule has 0 aromatic heterocycles. The van der Waals surface area contributed by atoms with Crippen LogP contribution in [0.1, 0.15) is 5.56 Å². The Hall–Kier alpha value is -2.37. The molecule has 0 spiro atoms. The van der Waals surface area contributed by atoms with Crippen molar-refractivity contribution in [1.29, 1.82) is 0 Å². The van der Waals surface area contributed by atoms with Gasteiger partial charge in [0.15, 0.2) is 0 Å². The van der Waals surface area contributed by atoms with E-state index in [-0.39, 0.29) is 11.5 Å². The Morgan fingerprint density at radius 1 is 1.38 bits per heavy atom. The maximum Gasteiger partial charge on any atom is 0.358 e. The van der Waals surface area contributed by atoms with Crippen LogP contribution in [-0.4, -0.2) is 11.9 Å². The second-order valence-corrected chi connectivity index (χ2v) is 2.78. The standard InChI is InChI=1S/C10H10FN3O2/c11-8-4-2-1-3-7(8)5-6-9(15)16-14-10(12)13/h1-6H,(H4,12,13,14)/b6-5+. The SMILES string of the molecule is NC(N)=NOC(=O)/C=C/c1ccccc1F. The Bertz CT molecular complexity index is 439. The lowest BCUT2D eigenvalue weighted by molar-refractivity contribution is -0.137. The minimum Gasteiger partial charge on any atom is -0.367 e. The summed E-state index contributed by atoms with van der Waals surface area (Å²) in [6.07, 6.45) is 2.28. The molecule has 1 rings (SSSR count). The van der Waals surface area contributed by atoms with Gasteiger partial charge >= 0.3 is 5.97 Å². The van der Waals surface area contributed by atoms with E-state index in [4.69, 9.17) is 11.5 Å². The molecule has 0 fully saturated rings. The van der Waals surface area contributed by atoms with E-state index in [0.29, 0.717) is 0 Å². The van der Waals surface area contributed by atoms with Gasteiger partial charge in [-0.2, -0.15) is 0 Å². The van der Waals surface area contributed by atoms with Gasteiger partial charge in [-0.05, 0) is 17.3 Å². The van der Waals surface area contributed by atoms with Gasteiger partial charge in [0.05, 0.1) is 0 Å². The van der Waals surface area contributed by atoms with Gasteiger partial charge in [-0.3, -0.25) is 0 Å². The van der Waals surface area contributed by atoms with Crippen molar-refractivity contribution < 1.29 is 14.0 Å². The van der Waals surface area contributed by atoms with E-state index in [2.05, 4.69) is 9.99 Å². The fourth-order valence-electron chi connectivity index (χ4n) is 0.896. The molecule has 4 N–H and O–H groups in total. The van der Waals surface area contributed by atoms with Crippen LogP contribution >= 0.6 is 0 Å². The van der Waals surface area contributed by atoms with E-state index in [9.17, 15) is 9.18 Å². The third-order valence-electron chi connectivity index (χ3n) is 1.55. The van der Waals surface area contributed by atoms with E-state index in [1.807, 2.05) is 0 Å². The van der Waals surface area contributed by atoms with Crippen LogP contribution in [0.25, 0.3) is 6.08 Å². The first kappa shape index (κ1) is 11.7. The molecule has 0 radical (unpaired) electrons. The van der Waals surface area contributed by atoms with Gasteiger partial charge in [-0.15, -0.1) is 0 Å². The van der Waals surface area contributed by atoms with E-state index in [0.717, 1.165) is 6.08 Å². The van der Waals surface area contributed by atoms with Gasteiger partial charge in [-0.1, -0.05) is 18.2 Å². The summed E-state index contributed by atoms with van der Waals surface area (Å²) in [5, 5.41) is 3.04. The van der Waals surface area contributed by atoms with Crippen molar-refractivity contribution in [1.82, 2.24) is 0 Å². The number of benzene rings is 1.